The van der Waals surface area contributed by atoms with Crippen molar-refractivity contribution in [1.29, 1.82) is 0 Å². The molecule has 0 N–H and O–H groups in total. The highest BCUT2D eigenvalue weighted by atomic mass is 32.2. The van der Waals surface area contributed by atoms with Gasteiger partial charge in [-0.1, -0.05) is 6.08 Å². The van der Waals surface area contributed by atoms with Crippen LogP contribution >= 0.6 is 11.8 Å². The molecule has 54 valence electrons. The largest absolute Gasteiger partial charge is 0.501 e. The number of hydrogen-bond acceptors (Lipinski definition) is 2. The molecule has 2 aliphatic heterocycles. The lowest BCUT2D eigenvalue weighted by Gasteiger charge is -2.12. The summed E-state index contributed by atoms with van der Waals surface area (Å²) in [6.45, 7) is 0.888. The van der Waals surface area contributed by atoms with E-state index in [-0.39, 0.29) is 0 Å². The van der Waals surface area contributed by atoms with E-state index in [4.69, 9.17) is 4.74 Å². The van der Waals surface area contributed by atoms with Gasteiger partial charge in [0, 0.05) is 11.2 Å². The van der Waals surface area contributed by atoms with Crippen LogP contribution in [0.5, 0.6) is 0 Å². The summed E-state index contributed by atoms with van der Waals surface area (Å²) in [6, 6.07) is 0. The number of thioether (sulfide) groups is 1. The van der Waals surface area contributed by atoms with Crippen LogP contribution in [0, 0.1) is 5.92 Å². The molecule has 10 heavy (non-hydrogen) atoms. The first-order valence-corrected chi connectivity index (χ1v) is 4.50. The summed E-state index contributed by atoms with van der Waals surface area (Å²) in [4.78, 5) is 0. The van der Waals surface area contributed by atoms with Crippen LogP contribution < -0.4 is 0 Å². The van der Waals surface area contributed by atoms with Crippen LogP contribution in [0.1, 0.15) is 6.42 Å². The van der Waals surface area contributed by atoms with Gasteiger partial charge in [-0.2, -0.15) is 0 Å². The molecule has 0 aromatic heterocycles. The Kier molecular flexibility index (Phi) is 1.72. The van der Waals surface area contributed by atoms with E-state index in [1.807, 2.05) is 18.0 Å². The van der Waals surface area contributed by atoms with Gasteiger partial charge in [-0.15, -0.1) is 11.8 Å². The van der Waals surface area contributed by atoms with E-state index in [1.165, 1.54) is 6.42 Å². The molecule has 0 fully saturated rings. The maximum Gasteiger partial charge on any atom is 0.0947 e. The number of ether oxygens (including phenoxy) is 1. The molecule has 0 saturated heterocycles. The molecular formula is C8H10OS. The molecule has 0 aliphatic carbocycles. The lowest BCUT2D eigenvalue weighted by Crippen LogP contribution is -2.13. The van der Waals surface area contributed by atoms with E-state index < -0.39 is 0 Å². The molecule has 2 rings (SSSR count). The van der Waals surface area contributed by atoms with Crippen LogP contribution in [-0.2, 0) is 4.74 Å². The second-order valence-electron chi connectivity index (χ2n) is 2.61. The van der Waals surface area contributed by atoms with Gasteiger partial charge >= 0.3 is 0 Å². The summed E-state index contributed by atoms with van der Waals surface area (Å²) in [7, 11) is 0. The predicted molar refractivity (Wildman–Crippen MR) is 43.7 cm³/mol. The average molecular weight is 154 g/mol. The average Bonchev–Trinajstić information content (AvgIpc) is 2.59. The third kappa shape index (κ3) is 1.08. The molecule has 0 aromatic rings. The molecule has 0 aromatic carbocycles. The molecule has 2 aliphatic rings. The smallest absolute Gasteiger partial charge is 0.0947 e. The molecule has 0 bridgehead atoms. The van der Waals surface area contributed by atoms with Crippen molar-refractivity contribution >= 4 is 11.8 Å². The summed E-state index contributed by atoms with van der Waals surface area (Å²) >= 11 is 1.93. The van der Waals surface area contributed by atoms with Gasteiger partial charge in [0.05, 0.1) is 12.9 Å². The van der Waals surface area contributed by atoms with Crippen molar-refractivity contribution in [2.75, 3.05) is 6.61 Å². The summed E-state index contributed by atoms with van der Waals surface area (Å²) < 4.78 is 5.15. The van der Waals surface area contributed by atoms with Crippen LogP contribution in [0.4, 0.5) is 0 Å². The van der Waals surface area contributed by atoms with Crippen molar-refractivity contribution in [1.82, 2.24) is 0 Å². The second-order valence-corrected chi connectivity index (χ2v) is 3.76. The lowest BCUT2D eigenvalue weighted by atomic mass is 10.1. The predicted octanol–water partition coefficient (Wildman–Crippen LogP) is 2.17. The van der Waals surface area contributed by atoms with Crippen molar-refractivity contribution in [3.05, 3.63) is 23.8 Å². The first-order valence-electron chi connectivity index (χ1n) is 3.55. The Bertz CT molecular complexity index is 166. The third-order valence-electron chi connectivity index (χ3n) is 1.91. The van der Waals surface area contributed by atoms with Gasteiger partial charge in [0.1, 0.15) is 0 Å². The fourth-order valence-electron chi connectivity index (χ4n) is 1.29. The van der Waals surface area contributed by atoms with Crippen molar-refractivity contribution in [3.8, 4) is 0 Å². The van der Waals surface area contributed by atoms with Gasteiger partial charge in [-0.25, -0.2) is 0 Å². The zero-order valence-electron chi connectivity index (χ0n) is 5.69. The van der Waals surface area contributed by atoms with E-state index in [0.717, 1.165) is 11.9 Å². The molecule has 2 heterocycles. The van der Waals surface area contributed by atoms with Gasteiger partial charge in [-0.3, -0.25) is 0 Å². The molecule has 0 amide bonds. The van der Waals surface area contributed by atoms with Crippen LogP contribution in [0.15, 0.2) is 23.8 Å². The Hall–Kier alpha value is -0.370. The lowest BCUT2D eigenvalue weighted by molar-refractivity contribution is 0.247. The molecular weight excluding hydrogens is 144 g/mol. The zero-order valence-corrected chi connectivity index (χ0v) is 6.51. The Morgan fingerprint density at radius 2 is 2.50 bits per heavy atom. The molecule has 2 heteroatoms. The van der Waals surface area contributed by atoms with Crippen LogP contribution in [0.25, 0.3) is 0 Å². The first-order chi connectivity index (χ1) is 4.97. The minimum Gasteiger partial charge on any atom is -0.501 e. The Morgan fingerprint density at radius 3 is 3.10 bits per heavy atom. The van der Waals surface area contributed by atoms with Gasteiger partial charge in [0.25, 0.3) is 0 Å². The molecule has 0 saturated carbocycles. The summed E-state index contributed by atoms with van der Waals surface area (Å²) in [5.74, 6) is 0.653. The summed E-state index contributed by atoms with van der Waals surface area (Å²) in [5, 5.41) is 2.94. The zero-order chi connectivity index (χ0) is 6.81. The van der Waals surface area contributed by atoms with Crippen LogP contribution in [0.3, 0.4) is 0 Å². The molecule has 1 nitrogen and oxygen atoms in total. The standard InChI is InChI=1S/C8H10OS/c1-2-8(10-5-1)7-3-4-9-6-7/h1,3-5,7-8H,2,6H2. The van der Waals surface area contributed by atoms with Crippen molar-refractivity contribution in [2.45, 2.75) is 11.7 Å². The van der Waals surface area contributed by atoms with E-state index in [1.54, 1.807) is 0 Å². The fraction of sp³-hybridized carbons (Fsp3) is 0.500. The molecule has 0 spiro atoms. The Labute approximate surface area is 65.1 Å². The highest BCUT2D eigenvalue weighted by molar-refractivity contribution is 8.03. The van der Waals surface area contributed by atoms with E-state index in [2.05, 4.69) is 17.6 Å². The maximum absolute atomic E-state index is 5.15. The SMILES string of the molecule is C1=CSC(C2C=COC2)C1. The van der Waals surface area contributed by atoms with E-state index >= 15 is 0 Å². The van der Waals surface area contributed by atoms with Crippen molar-refractivity contribution in [3.63, 3.8) is 0 Å². The minimum absolute atomic E-state index is 0.653. The van der Waals surface area contributed by atoms with Gasteiger partial charge < -0.3 is 4.74 Å². The summed E-state index contributed by atoms with van der Waals surface area (Å²) in [5.41, 5.74) is 0. The summed E-state index contributed by atoms with van der Waals surface area (Å²) in [6.07, 6.45) is 7.44. The highest BCUT2D eigenvalue weighted by Crippen LogP contribution is 2.32. The number of allylic oxidation sites excluding steroid dienone is 1. The van der Waals surface area contributed by atoms with Gasteiger partial charge in [0.2, 0.25) is 0 Å². The second kappa shape index (κ2) is 2.70. The number of rotatable bonds is 1. The van der Waals surface area contributed by atoms with Gasteiger partial charge in [-0.05, 0) is 17.9 Å². The Morgan fingerprint density at radius 1 is 1.50 bits per heavy atom. The topological polar surface area (TPSA) is 9.23 Å². The molecule has 2 unspecified atom stereocenters. The molecule has 2 atom stereocenters. The Balaban J connectivity index is 1.93. The molecule has 0 radical (unpaired) electrons. The van der Waals surface area contributed by atoms with E-state index in [9.17, 15) is 0 Å². The quantitative estimate of drug-likeness (QED) is 0.572. The first kappa shape index (κ1) is 6.35. The monoisotopic (exact) mass is 154 g/mol. The van der Waals surface area contributed by atoms with Gasteiger partial charge in [0.15, 0.2) is 0 Å². The number of hydrogen-bond donors (Lipinski definition) is 0. The normalized spacial score (nSPS) is 36.8. The highest BCUT2D eigenvalue weighted by Gasteiger charge is 2.23. The third-order valence-corrected chi connectivity index (χ3v) is 3.15. The maximum atomic E-state index is 5.15. The van der Waals surface area contributed by atoms with E-state index in [0.29, 0.717) is 5.92 Å². The van der Waals surface area contributed by atoms with Crippen molar-refractivity contribution < 1.29 is 4.74 Å². The minimum atomic E-state index is 0.653. The van der Waals surface area contributed by atoms with Crippen molar-refractivity contribution in [2.24, 2.45) is 5.92 Å². The van der Waals surface area contributed by atoms with Crippen LogP contribution in [-0.4, -0.2) is 11.9 Å². The van der Waals surface area contributed by atoms with Crippen LogP contribution in [0.2, 0.25) is 0 Å². The fourth-order valence-corrected chi connectivity index (χ4v) is 2.30.